The second-order valence-corrected chi connectivity index (χ2v) is 7.80. The molecule has 1 aliphatic heterocycles. The third-order valence-electron chi connectivity index (χ3n) is 4.31. The summed E-state index contributed by atoms with van der Waals surface area (Å²) in [4.78, 5) is 13.7. The van der Waals surface area contributed by atoms with E-state index >= 15 is 0 Å². The van der Waals surface area contributed by atoms with Crippen molar-refractivity contribution < 1.29 is 17.9 Å². The van der Waals surface area contributed by atoms with Crippen LogP contribution in [0.25, 0.3) is 0 Å². The molecule has 0 atom stereocenters. The van der Waals surface area contributed by atoms with Gasteiger partial charge >= 0.3 is 0 Å². The predicted molar refractivity (Wildman–Crippen MR) is 101 cm³/mol. The molecule has 1 aliphatic rings. The first kappa shape index (κ1) is 18.7. The standard InChI is InChI=1S/C19H19N3O4S/c1-26-18-9-8-16(13-17(18)22-12-2-3-19(22)23)27(24,25)21-15-6-4-14(5-7-15)10-11-20/h4-9,13,21H,2-3,10,12H2,1H3. The monoisotopic (exact) mass is 385 g/mol. The molecule has 0 unspecified atom stereocenters. The maximum absolute atomic E-state index is 12.8. The van der Waals surface area contributed by atoms with Crippen LogP contribution in [0, 0.1) is 11.3 Å². The van der Waals surface area contributed by atoms with Crippen molar-refractivity contribution >= 4 is 27.3 Å². The van der Waals surface area contributed by atoms with Crippen molar-refractivity contribution in [2.75, 3.05) is 23.3 Å². The van der Waals surface area contributed by atoms with Crippen LogP contribution in [0.1, 0.15) is 18.4 Å². The van der Waals surface area contributed by atoms with Crippen LogP contribution >= 0.6 is 0 Å². The second kappa shape index (κ2) is 7.68. The third-order valence-corrected chi connectivity index (χ3v) is 5.69. The summed E-state index contributed by atoms with van der Waals surface area (Å²) in [5.41, 5.74) is 1.65. The van der Waals surface area contributed by atoms with Crippen molar-refractivity contribution in [3.8, 4) is 11.8 Å². The van der Waals surface area contributed by atoms with E-state index in [1.807, 2.05) is 6.07 Å². The lowest BCUT2D eigenvalue weighted by atomic mass is 10.1. The summed E-state index contributed by atoms with van der Waals surface area (Å²) < 4.78 is 33.3. The molecular formula is C19H19N3O4S. The maximum atomic E-state index is 12.8. The lowest BCUT2D eigenvalue weighted by molar-refractivity contribution is -0.117. The number of sulfonamides is 1. The van der Waals surface area contributed by atoms with Crippen LogP contribution in [0.4, 0.5) is 11.4 Å². The van der Waals surface area contributed by atoms with Crippen LogP contribution in [-0.4, -0.2) is 28.0 Å². The molecule has 1 heterocycles. The van der Waals surface area contributed by atoms with Gasteiger partial charge in [-0.3, -0.25) is 9.52 Å². The number of carbonyl (C=O) groups is 1. The normalized spacial score (nSPS) is 14.1. The number of anilines is 2. The molecule has 2 aromatic carbocycles. The number of nitrogens with one attached hydrogen (secondary N) is 1. The van der Waals surface area contributed by atoms with Crippen molar-refractivity contribution in [2.45, 2.75) is 24.2 Å². The molecule has 0 aromatic heterocycles. The van der Waals surface area contributed by atoms with Gasteiger partial charge < -0.3 is 9.64 Å². The molecule has 1 saturated heterocycles. The minimum atomic E-state index is -3.84. The Hall–Kier alpha value is -3.05. The third kappa shape index (κ3) is 4.04. The number of hydrogen-bond acceptors (Lipinski definition) is 5. The van der Waals surface area contributed by atoms with Crippen LogP contribution in [0.3, 0.4) is 0 Å². The van der Waals surface area contributed by atoms with Crippen LogP contribution < -0.4 is 14.4 Å². The number of ether oxygens (including phenoxy) is 1. The highest BCUT2D eigenvalue weighted by molar-refractivity contribution is 7.92. The van der Waals surface area contributed by atoms with Crippen molar-refractivity contribution in [3.63, 3.8) is 0 Å². The second-order valence-electron chi connectivity index (χ2n) is 6.12. The predicted octanol–water partition coefficient (Wildman–Crippen LogP) is 2.69. The van der Waals surface area contributed by atoms with Gasteiger partial charge in [0.05, 0.1) is 30.2 Å². The minimum Gasteiger partial charge on any atom is -0.495 e. The molecule has 7 nitrogen and oxygen atoms in total. The Bertz CT molecular complexity index is 995. The van der Waals surface area contributed by atoms with Gasteiger partial charge in [-0.1, -0.05) is 12.1 Å². The number of carbonyl (C=O) groups excluding carboxylic acids is 1. The topological polar surface area (TPSA) is 99.5 Å². The number of amides is 1. The van der Waals surface area contributed by atoms with Gasteiger partial charge in [0.2, 0.25) is 5.91 Å². The maximum Gasteiger partial charge on any atom is 0.261 e. The smallest absolute Gasteiger partial charge is 0.261 e. The molecular weight excluding hydrogens is 366 g/mol. The van der Waals surface area contributed by atoms with Crippen molar-refractivity contribution in [1.29, 1.82) is 5.26 Å². The first-order valence-corrected chi connectivity index (χ1v) is 9.90. The molecule has 8 heteroatoms. The van der Waals surface area contributed by atoms with E-state index in [1.165, 1.54) is 19.2 Å². The number of nitriles is 1. The van der Waals surface area contributed by atoms with Crippen molar-refractivity contribution in [1.82, 2.24) is 0 Å². The molecule has 0 saturated carbocycles. The summed E-state index contributed by atoms with van der Waals surface area (Å²) in [5.74, 6) is 0.397. The van der Waals surface area contributed by atoms with Gasteiger partial charge in [0.25, 0.3) is 10.0 Å². The van der Waals surface area contributed by atoms with E-state index in [1.54, 1.807) is 35.2 Å². The van der Waals surface area contributed by atoms with Gasteiger partial charge in [0, 0.05) is 18.7 Å². The van der Waals surface area contributed by atoms with Gasteiger partial charge in [-0.15, -0.1) is 0 Å². The molecule has 0 bridgehead atoms. The summed E-state index contributed by atoms with van der Waals surface area (Å²) in [7, 11) is -2.36. The molecule has 0 spiro atoms. The zero-order chi connectivity index (χ0) is 19.4. The van der Waals surface area contributed by atoms with Gasteiger partial charge in [0.15, 0.2) is 0 Å². The Morgan fingerprint density at radius 1 is 1.22 bits per heavy atom. The van der Waals surface area contributed by atoms with Crippen LogP contribution in [0.5, 0.6) is 5.75 Å². The molecule has 0 aliphatic carbocycles. The van der Waals surface area contributed by atoms with Crippen LogP contribution in [0.2, 0.25) is 0 Å². The molecule has 2 aromatic rings. The lowest BCUT2D eigenvalue weighted by Gasteiger charge is -2.20. The average molecular weight is 385 g/mol. The number of nitrogens with zero attached hydrogens (tertiary/aromatic N) is 2. The van der Waals surface area contributed by atoms with E-state index in [0.717, 1.165) is 12.0 Å². The molecule has 27 heavy (non-hydrogen) atoms. The summed E-state index contributed by atoms with van der Waals surface area (Å²) in [6, 6.07) is 13.1. The summed E-state index contributed by atoms with van der Waals surface area (Å²) >= 11 is 0. The molecule has 1 N–H and O–H groups in total. The molecule has 1 amide bonds. The van der Waals surface area contributed by atoms with E-state index in [0.29, 0.717) is 30.1 Å². The van der Waals surface area contributed by atoms with Gasteiger partial charge in [-0.05, 0) is 42.3 Å². The fourth-order valence-corrected chi connectivity index (χ4v) is 4.02. The highest BCUT2D eigenvalue weighted by Gasteiger charge is 2.26. The van der Waals surface area contributed by atoms with E-state index in [-0.39, 0.29) is 17.2 Å². The average Bonchev–Trinajstić information content (AvgIpc) is 3.08. The highest BCUT2D eigenvalue weighted by Crippen LogP contribution is 2.34. The fraction of sp³-hybridized carbons (Fsp3) is 0.263. The van der Waals surface area contributed by atoms with E-state index in [9.17, 15) is 13.2 Å². The Morgan fingerprint density at radius 3 is 2.56 bits per heavy atom. The first-order valence-electron chi connectivity index (χ1n) is 8.42. The molecule has 3 rings (SSSR count). The van der Waals surface area contributed by atoms with Gasteiger partial charge in [0.1, 0.15) is 5.75 Å². The Morgan fingerprint density at radius 2 is 1.96 bits per heavy atom. The van der Waals surface area contributed by atoms with Crippen molar-refractivity contribution in [2.24, 2.45) is 0 Å². The quantitative estimate of drug-likeness (QED) is 0.824. The molecule has 140 valence electrons. The van der Waals surface area contributed by atoms with Crippen LogP contribution in [-0.2, 0) is 21.2 Å². The summed E-state index contributed by atoms with van der Waals surface area (Å²) in [6.45, 7) is 0.534. The number of rotatable bonds is 6. The zero-order valence-corrected chi connectivity index (χ0v) is 15.6. The van der Waals surface area contributed by atoms with E-state index in [2.05, 4.69) is 4.72 Å². The minimum absolute atomic E-state index is 0.0408. The first-order chi connectivity index (χ1) is 12.9. The number of benzene rings is 2. The van der Waals surface area contributed by atoms with Gasteiger partial charge in [-0.25, -0.2) is 8.42 Å². The summed E-state index contributed by atoms with van der Waals surface area (Å²) in [6.07, 6.45) is 1.43. The SMILES string of the molecule is COc1ccc(S(=O)(=O)Nc2ccc(CC#N)cc2)cc1N1CCCC1=O. The Kier molecular flexibility index (Phi) is 5.33. The zero-order valence-electron chi connectivity index (χ0n) is 14.8. The largest absolute Gasteiger partial charge is 0.495 e. The van der Waals surface area contributed by atoms with Gasteiger partial charge in [-0.2, -0.15) is 5.26 Å². The lowest BCUT2D eigenvalue weighted by Crippen LogP contribution is -2.24. The fourth-order valence-electron chi connectivity index (χ4n) is 2.95. The molecule has 1 fully saturated rings. The van der Waals surface area contributed by atoms with E-state index in [4.69, 9.17) is 10.00 Å². The highest BCUT2D eigenvalue weighted by atomic mass is 32.2. The van der Waals surface area contributed by atoms with Crippen LogP contribution in [0.15, 0.2) is 47.4 Å². The number of methoxy groups -OCH3 is 1. The summed E-state index contributed by atoms with van der Waals surface area (Å²) in [5, 5.41) is 8.70. The van der Waals surface area contributed by atoms with Crippen molar-refractivity contribution in [3.05, 3.63) is 48.0 Å². The Balaban J connectivity index is 1.90. The number of hydrogen-bond donors (Lipinski definition) is 1. The van der Waals surface area contributed by atoms with E-state index < -0.39 is 10.0 Å². The Labute approximate surface area is 158 Å². The molecule has 0 radical (unpaired) electrons.